The number of hydrogen-bond donors (Lipinski definition) is 0. The van der Waals surface area contributed by atoms with Gasteiger partial charge in [0.05, 0.1) is 30.7 Å². The number of carbonyl (C=O) groups is 2. The topological polar surface area (TPSA) is 55.8 Å². The molecule has 2 aliphatic carbocycles. The monoisotopic (exact) mass is 491 g/mol. The fraction of sp³-hybridized carbons (Fsp3) is 0.548. The van der Waals surface area contributed by atoms with Gasteiger partial charge in [-0.25, -0.2) is 4.79 Å². The van der Waals surface area contributed by atoms with Crippen LogP contribution in [0.25, 0.3) is 0 Å². The van der Waals surface area contributed by atoms with Crippen LogP contribution >= 0.6 is 0 Å². The van der Waals surface area contributed by atoms with Gasteiger partial charge in [-0.15, -0.1) is 0 Å². The molecule has 0 radical (unpaired) electrons. The number of carbonyl (C=O) groups excluding carboxylic acids is 2. The molecule has 0 unspecified atom stereocenters. The van der Waals surface area contributed by atoms with Gasteiger partial charge in [-0.2, -0.15) is 0 Å². The van der Waals surface area contributed by atoms with Crippen molar-refractivity contribution >= 4 is 11.9 Å². The predicted octanol–water partition coefficient (Wildman–Crippen LogP) is 6.85. The van der Waals surface area contributed by atoms with Gasteiger partial charge < -0.3 is 14.4 Å². The summed E-state index contributed by atoms with van der Waals surface area (Å²) < 4.78 is 10.9. The van der Waals surface area contributed by atoms with Gasteiger partial charge in [0.15, 0.2) is 0 Å². The molecule has 5 heteroatoms. The number of rotatable bonds is 9. The maximum atomic E-state index is 14.0. The van der Waals surface area contributed by atoms with Gasteiger partial charge in [-0.05, 0) is 67.5 Å². The van der Waals surface area contributed by atoms with Crippen molar-refractivity contribution < 1.29 is 19.1 Å². The zero-order chi connectivity index (χ0) is 25.5. The second-order valence-electron chi connectivity index (χ2n) is 10.7. The Hall–Kier alpha value is -2.82. The Morgan fingerprint density at radius 1 is 0.944 bits per heavy atom. The van der Waals surface area contributed by atoms with Crippen LogP contribution in [0.1, 0.15) is 98.7 Å². The van der Waals surface area contributed by atoms with E-state index in [4.69, 9.17) is 9.47 Å². The van der Waals surface area contributed by atoms with Gasteiger partial charge >= 0.3 is 5.97 Å². The molecule has 0 aromatic heterocycles. The van der Waals surface area contributed by atoms with Crippen LogP contribution in [0.5, 0.6) is 5.75 Å². The summed E-state index contributed by atoms with van der Waals surface area (Å²) in [5.41, 5.74) is 2.10. The number of methoxy groups -OCH3 is 1. The van der Waals surface area contributed by atoms with Crippen molar-refractivity contribution in [2.75, 3.05) is 20.8 Å². The van der Waals surface area contributed by atoms with Crippen LogP contribution in [0.15, 0.2) is 48.5 Å². The Labute approximate surface area is 216 Å². The molecule has 1 atom stereocenters. The Morgan fingerprint density at radius 2 is 1.58 bits per heavy atom. The number of amides is 1. The molecule has 2 aromatic rings. The van der Waals surface area contributed by atoms with Crippen molar-refractivity contribution in [3.8, 4) is 5.75 Å². The minimum Gasteiger partial charge on any atom is -0.494 e. The molecule has 0 N–H and O–H groups in total. The second kappa shape index (κ2) is 11.9. The van der Waals surface area contributed by atoms with Crippen LogP contribution in [0.2, 0.25) is 0 Å². The van der Waals surface area contributed by atoms with E-state index < -0.39 is 5.41 Å². The summed E-state index contributed by atoms with van der Waals surface area (Å²) >= 11 is 0. The van der Waals surface area contributed by atoms with Gasteiger partial charge in [-0.3, -0.25) is 4.79 Å². The Bertz CT molecular complexity index is 1000. The third kappa shape index (κ3) is 5.77. The van der Waals surface area contributed by atoms with E-state index in [-0.39, 0.29) is 17.9 Å². The normalized spacial score (nSPS) is 18.4. The average molecular weight is 492 g/mol. The van der Waals surface area contributed by atoms with E-state index >= 15 is 0 Å². The summed E-state index contributed by atoms with van der Waals surface area (Å²) in [6, 6.07) is 15.5. The Morgan fingerprint density at radius 3 is 2.19 bits per heavy atom. The molecule has 2 aromatic carbocycles. The zero-order valence-corrected chi connectivity index (χ0v) is 22.1. The number of ether oxygens (including phenoxy) is 2. The fourth-order valence-electron chi connectivity index (χ4n) is 6.05. The molecule has 36 heavy (non-hydrogen) atoms. The molecule has 2 fully saturated rings. The SMILES string of the molecule is COC(=O)c1ccc([C@H](C)N(C)C(=O)C2(c3ccc(OCCC4CCCCC4)cc3)CCCC2)cc1. The summed E-state index contributed by atoms with van der Waals surface area (Å²) in [6.07, 6.45) is 11.8. The molecular formula is C31H41NO4. The quantitative estimate of drug-likeness (QED) is 0.360. The van der Waals surface area contributed by atoms with Crippen molar-refractivity contribution in [1.29, 1.82) is 0 Å². The van der Waals surface area contributed by atoms with E-state index in [0.717, 1.165) is 61.5 Å². The van der Waals surface area contributed by atoms with Crippen LogP contribution in [0.4, 0.5) is 0 Å². The largest absolute Gasteiger partial charge is 0.494 e. The third-order valence-electron chi connectivity index (χ3n) is 8.51. The molecular weight excluding hydrogens is 450 g/mol. The molecule has 0 heterocycles. The van der Waals surface area contributed by atoms with E-state index in [9.17, 15) is 9.59 Å². The van der Waals surface area contributed by atoms with Gasteiger partial charge in [-0.1, -0.05) is 69.2 Å². The number of hydrogen-bond acceptors (Lipinski definition) is 4. The number of nitrogens with zero attached hydrogens (tertiary/aromatic N) is 1. The van der Waals surface area contributed by atoms with Crippen LogP contribution in [0.3, 0.4) is 0 Å². The average Bonchev–Trinajstić information content (AvgIpc) is 3.43. The first-order valence-electron chi connectivity index (χ1n) is 13.6. The van der Waals surface area contributed by atoms with Crippen LogP contribution < -0.4 is 4.74 Å². The molecule has 0 aliphatic heterocycles. The number of likely N-dealkylation sites (N-methyl/N-ethyl adjacent to an activating group) is 1. The maximum Gasteiger partial charge on any atom is 0.337 e. The lowest BCUT2D eigenvalue weighted by molar-refractivity contribution is -0.138. The van der Waals surface area contributed by atoms with Crippen LogP contribution in [-0.4, -0.2) is 37.5 Å². The Kier molecular flexibility index (Phi) is 8.71. The molecule has 4 rings (SSSR count). The minimum absolute atomic E-state index is 0.107. The highest BCUT2D eigenvalue weighted by molar-refractivity contribution is 5.90. The molecule has 0 spiro atoms. The van der Waals surface area contributed by atoms with E-state index in [1.54, 1.807) is 12.1 Å². The van der Waals surface area contributed by atoms with Crippen molar-refractivity contribution in [3.63, 3.8) is 0 Å². The first kappa shape index (κ1) is 26.2. The smallest absolute Gasteiger partial charge is 0.337 e. The van der Waals surface area contributed by atoms with Gasteiger partial charge in [0.1, 0.15) is 5.75 Å². The highest BCUT2D eigenvalue weighted by atomic mass is 16.5. The molecule has 2 saturated carbocycles. The molecule has 1 amide bonds. The summed E-state index contributed by atoms with van der Waals surface area (Å²) in [5.74, 6) is 1.51. The highest BCUT2D eigenvalue weighted by Gasteiger charge is 2.45. The van der Waals surface area contributed by atoms with Crippen molar-refractivity contribution in [2.24, 2.45) is 5.92 Å². The highest BCUT2D eigenvalue weighted by Crippen LogP contribution is 2.44. The van der Waals surface area contributed by atoms with Crippen molar-refractivity contribution in [3.05, 3.63) is 65.2 Å². The van der Waals surface area contributed by atoms with Crippen molar-refractivity contribution in [2.45, 2.75) is 82.6 Å². The first-order chi connectivity index (χ1) is 17.4. The fourth-order valence-corrected chi connectivity index (χ4v) is 6.05. The first-order valence-corrected chi connectivity index (χ1v) is 13.6. The summed E-state index contributed by atoms with van der Waals surface area (Å²) in [7, 11) is 3.27. The second-order valence-corrected chi connectivity index (χ2v) is 10.7. The van der Waals surface area contributed by atoms with E-state index in [0.29, 0.717) is 5.56 Å². The number of esters is 1. The standard InChI is InChI=1S/C31H41NO4/c1-23(25-11-13-26(14-12-25)29(33)35-3)32(2)30(34)31(20-7-8-21-31)27-15-17-28(18-16-27)36-22-19-24-9-5-4-6-10-24/h11-18,23-24H,4-10,19-22H2,1-3H3/t23-/m0/s1. The third-order valence-corrected chi connectivity index (χ3v) is 8.51. The lowest BCUT2D eigenvalue weighted by Crippen LogP contribution is -2.44. The summed E-state index contributed by atoms with van der Waals surface area (Å²) in [6.45, 7) is 2.81. The predicted molar refractivity (Wildman–Crippen MR) is 142 cm³/mol. The summed E-state index contributed by atoms with van der Waals surface area (Å²) in [4.78, 5) is 27.6. The lowest BCUT2D eigenvalue weighted by atomic mass is 9.77. The molecule has 194 valence electrons. The molecule has 5 nitrogen and oxygen atoms in total. The molecule has 0 saturated heterocycles. The van der Waals surface area contributed by atoms with Gasteiger partial charge in [0.25, 0.3) is 0 Å². The zero-order valence-electron chi connectivity index (χ0n) is 22.1. The van der Waals surface area contributed by atoms with Crippen LogP contribution in [0, 0.1) is 5.92 Å². The van der Waals surface area contributed by atoms with E-state index in [2.05, 4.69) is 12.1 Å². The van der Waals surface area contributed by atoms with E-state index in [1.807, 2.05) is 43.1 Å². The Balaban J connectivity index is 1.42. The maximum absolute atomic E-state index is 14.0. The van der Waals surface area contributed by atoms with Gasteiger partial charge in [0, 0.05) is 7.05 Å². The lowest BCUT2D eigenvalue weighted by Gasteiger charge is -2.36. The minimum atomic E-state index is -0.490. The molecule has 2 aliphatic rings. The van der Waals surface area contributed by atoms with E-state index in [1.165, 1.54) is 39.2 Å². The van der Waals surface area contributed by atoms with Crippen molar-refractivity contribution in [1.82, 2.24) is 4.90 Å². The number of benzene rings is 2. The summed E-state index contributed by atoms with van der Waals surface area (Å²) in [5, 5.41) is 0. The van der Waals surface area contributed by atoms with Gasteiger partial charge in [0.2, 0.25) is 5.91 Å². The molecule has 0 bridgehead atoms. The van der Waals surface area contributed by atoms with Crippen LogP contribution in [-0.2, 0) is 14.9 Å².